The number of rotatable bonds is 36. The Bertz CT molecular complexity index is 653. The minimum absolute atomic E-state index is 0.0931. The van der Waals surface area contributed by atoms with Crippen molar-refractivity contribution in [2.24, 2.45) is 5.73 Å². The number of unbranched alkanes of at least 4 members (excludes halogenated alkanes) is 23. The maximum Gasteiger partial charge on any atom is 0.472 e. The molecule has 0 fully saturated rings. The van der Waals surface area contributed by atoms with Gasteiger partial charge in [0.05, 0.1) is 19.8 Å². The first-order valence-corrected chi connectivity index (χ1v) is 20.0. The highest BCUT2D eigenvalue weighted by Crippen LogP contribution is 2.43. The van der Waals surface area contributed by atoms with Crippen molar-refractivity contribution in [1.82, 2.24) is 0 Å². The maximum atomic E-state index is 11.9. The summed E-state index contributed by atoms with van der Waals surface area (Å²) in [4.78, 5) is 21.6. The number of hydrogen-bond acceptors (Lipinski definition) is 7. The minimum atomic E-state index is -4.23. The van der Waals surface area contributed by atoms with E-state index in [1.165, 1.54) is 141 Å². The van der Waals surface area contributed by atoms with Gasteiger partial charge in [0.2, 0.25) is 0 Å². The third-order valence-corrected chi connectivity index (χ3v) is 8.98. The molecule has 2 unspecified atom stereocenters. The molecule has 0 heterocycles. The molecule has 0 amide bonds. The molecule has 0 saturated heterocycles. The number of phosphoric ester groups is 1. The molecular formula is C35H72NO7P. The molecule has 44 heavy (non-hydrogen) atoms. The molecule has 9 heteroatoms. The Labute approximate surface area is 271 Å². The topological polar surface area (TPSA) is 117 Å². The van der Waals surface area contributed by atoms with Crippen LogP contribution < -0.4 is 5.73 Å². The average molecular weight is 650 g/mol. The van der Waals surface area contributed by atoms with Crippen LogP contribution in [-0.2, 0) is 27.9 Å². The fourth-order valence-corrected chi connectivity index (χ4v) is 6.09. The summed E-state index contributed by atoms with van der Waals surface area (Å²) in [6, 6.07) is 0. The summed E-state index contributed by atoms with van der Waals surface area (Å²) in [5, 5.41) is 0. The Morgan fingerprint density at radius 1 is 0.591 bits per heavy atom. The van der Waals surface area contributed by atoms with Crippen LogP contribution in [0.15, 0.2) is 0 Å². The smallest absolute Gasteiger partial charge is 0.457 e. The van der Waals surface area contributed by atoms with E-state index < -0.39 is 13.9 Å². The summed E-state index contributed by atoms with van der Waals surface area (Å²) in [6.07, 6.45) is 32.9. The Balaban J connectivity index is 3.53. The molecule has 0 aliphatic carbocycles. The quantitative estimate of drug-likeness (QED) is 0.0391. The number of carbonyl (C=O) groups excluding carboxylic acids is 1. The lowest BCUT2D eigenvalue weighted by molar-refractivity contribution is -0.154. The van der Waals surface area contributed by atoms with E-state index in [1.54, 1.807) is 0 Å². The summed E-state index contributed by atoms with van der Waals surface area (Å²) in [5.41, 5.74) is 5.29. The second-order valence-corrected chi connectivity index (χ2v) is 13.9. The van der Waals surface area contributed by atoms with Crippen LogP contribution in [0, 0.1) is 0 Å². The minimum Gasteiger partial charge on any atom is -0.457 e. The van der Waals surface area contributed by atoms with Crippen molar-refractivity contribution in [3.63, 3.8) is 0 Å². The lowest BCUT2D eigenvalue weighted by Crippen LogP contribution is -2.28. The number of carbonyl (C=O) groups is 1. The molecule has 0 aromatic carbocycles. The number of phosphoric acid groups is 1. The summed E-state index contributed by atoms with van der Waals surface area (Å²) >= 11 is 0. The molecule has 0 aromatic heterocycles. The zero-order valence-corrected chi connectivity index (χ0v) is 29.8. The lowest BCUT2D eigenvalue weighted by atomic mass is 10.0. The van der Waals surface area contributed by atoms with E-state index in [-0.39, 0.29) is 38.8 Å². The zero-order valence-electron chi connectivity index (χ0n) is 28.9. The highest BCUT2D eigenvalue weighted by Gasteiger charge is 2.25. The normalized spacial score (nSPS) is 13.6. The summed E-state index contributed by atoms with van der Waals surface area (Å²) in [6.45, 7) is 4.58. The zero-order chi connectivity index (χ0) is 32.4. The van der Waals surface area contributed by atoms with Crippen LogP contribution in [0.5, 0.6) is 0 Å². The van der Waals surface area contributed by atoms with E-state index in [2.05, 4.69) is 6.92 Å². The molecule has 0 rings (SSSR count). The molecule has 3 N–H and O–H groups in total. The van der Waals surface area contributed by atoms with Crippen molar-refractivity contribution in [1.29, 1.82) is 0 Å². The first-order valence-electron chi connectivity index (χ1n) is 18.5. The molecule has 0 aliphatic heterocycles. The summed E-state index contributed by atoms with van der Waals surface area (Å²) in [7, 11) is -4.23. The van der Waals surface area contributed by atoms with Gasteiger partial charge in [0.15, 0.2) is 0 Å². The van der Waals surface area contributed by atoms with Gasteiger partial charge in [0, 0.05) is 19.6 Å². The molecule has 0 spiro atoms. The molecule has 2 atom stereocenters. The predicted octanol–water partition coefficient (Wildman–Crippen LogP) is 10.2. The Hall–Kier alpha value is -0.500. The first-order chi connectivity index (χ1) is 21.4. The predicted molar refractivity (Wildman–Crippen MR) is 183 cm³/mol. The highest BCUT2D eigenvalue weighted by molar-refractivity contribution is 7.47. The molecule has 0 saturated carbocycles. The average Bonchev–Trinajstić information content (AvgIpc) is 3.00. The van der Waals surface area contributed by atoms with Crippen LogP contribution in [0.1, 0.15) is 181 Å². The van der Waals surface area contributed by atoms with Crippen molar-refractivity contribution >= 4 is 13.8 Å². The standard InChI is InChI=1S/C35H72NO7P/c1-3-5-6-7-8-9-10-11-12-13-14-15-16-17-18-19-20-21-22-23-24-25-26-27-30-40-32-34(43-35(37)28-4-2)33-42-44(38,39)41-31-29-36/h34H,3-33,36H2,1-2H3,(H,38,39). The number of nitrogens with two attached hydrogens (primary N) is 1. The Kier molecular flexibility index (Phi) is 33.5. The van der Waals surface area contributed by atoms with Gasteiger partial charge in [-0.2, -0.15) is 0 Å². The summed E-state index contributed by atoms with van der Waals surface area (Å²) < 4.78 is 32.6. The van der Waals surface area contributed by atoms with Gasteiger partial charge in [-0.1, -0.05) is 162 Å². The molecule has 0 bridgehead atoms. The molecule has 264 valence electrons. The molecule has 0 aliphatic rings. The van der Waals surface area contributed by atoms with Crippen molar-refractivity contribution in [3.8, 4) is 0 Å². The van der Waals surface area contributed by atoms with Gasteiger partial charge in [0.25, 0.3) is 0 Å². The van der Waals surface area contributed by atoms with E-state index in [4.69, 9.17) is 24.3 Å². The third-order valence-electron chi connectivity index (χ3n) is 7.99. The van der Waals surface area contributed by atoms with Crippen LogP contribution >= 0.6 is 7.82 Å². The van der Waals surface area contributed by atoms with Crippen molar-refractivity contribution < 1.29 is 32.8 Å². The van der Waals surface area contributed by atoms with E-state index in [1.807, 2.05) is 6.92 Å². The molecule has 0 aromatic rings. The van der Waals surface area contributed by atoms with Gasteiger partial charge in [-0.15, -0.1) is 0 Å². The molecular weight excluding hydrogens is 577 g/mol. The highest BCUT2D eigenvalue weighted by atomic mass is 31.2. The van der Waals surface area contributed by atoms with Crippen LogP contribution in [0.4, 0.5) is 0 Å². The second-order valence-electron chi connectivity index (χ2n) is 12.5. The van der Waals surface area contributed by atoms with E-state index in [0.717, 1.165) is 12.8 Å². The second kappa shape index (κ2) is 33.9. The fourth-order valence-electron chi connectivity index (χ4n) is 5.33. The monoisotopic (exact) mass is 650 g/mol. The van der Waals surface area contributed by atoms with Crippen LogP contribution in [0.2, 0.25) is 0 Å². The van der Waals surface area contributed by atoms with E-state index in [9.17, 15) is 14.3 Å². The SMILES string of the molecule is CCCCCCCCCCCCCCCCCCCCCCCCCCOCC(COP(=O)(O)OCCN)OC(=O)CCC. The molecule has 0 radical (unpaired) electrons. The Morgan fingerprint density at radius 2 is 1.00 bits per heavy atom. The number of ether oxygens (including phenoxy) is 2. The largest absolute Gasteiger partial charge is 0.472 e. The third kappa shape index (κ3) is 32.9. The summed E-state index contributed by atoms with van der Waals surface area (Å²) in [5.74, 6) is -0.379. The van der Waals surface area contributed by atoms with Gasteiger partial charge in [0.1, 0.15) is 6.10 Å². The van der Waals surface area contributed by atoms with Crippen LogP contribution in [0.3, 0.4) is 0 Å². The first kappa shape index (κ1) is 43.5. The van der Waals surface area contributed by atoms with Crippen LogP contribution in [-0.4, -0.2) is 49.9 Å². The van der Waals surface area contributed by atoms with Gasteiger partial charge in [-0.05, 0) is 12.8 Å². The fraction of sp³-hybridized carbons (Fsp3) is 0.971. The van der Waals surface area contributed by atoms with Gasteiger partial charge in [-0.3, -0.25) is 13.8 Å². The van der Waals surface area contributed by atoms with Crippen LogP contribution in [0.25, 0.3) is 0 Å². The van der Waals surface area contributed by atoms with E-state index >= 15 is 0 Å². The van der Waals surface area contributed by atoms with Crippen molar-refractivity contribution in [2.75, 3.05) is 33.0 Å². The molecule has 8 nitrogen and oxygen atoms in total. The van der Waals surface area contributed by atoms with Crippen molar-refractivity contribution in [2.45, 2.75) is 187 Å². The van der Waals surface area contributed by atoms with E-state index in [0.29, 0.717) is 13.0 Å². The van der Waals surface area contributed by atoms with Gasteiger partial charge in [-0.25, -0.2) is 4.57 Å². The van der Waals surface area contributed by atoms with Gasteiger partial charge >= 0.3 is 13.8 Å². The van der Waals surface area contributed by atoms with Gasteiger partial charge < -0.3 is 20.1 Å². The Morgan fingerprint density at radius 3 is 1.39 bits per heavy atom. The number of esters is 1. The maximum absolute atomic E-state index is 11.9. The number of hydrogen-bond donors (Lipinski definition) is 2. The van der Waals surface area contributed by atoms with Crippen molar-refractivity contribution in [3.05, 3.63) is 0 Å². The lowest BCUT2D eigenvalue weighted by Gasteiger charge is -2.19.